The van der Waals surface area contributed by atoms with Gasteiger partial charge in [-0.3, -0.25) is 4.90 Å². The number of aromatic nitrogens is 6. The molecule has 1 atom stereocenters. The molecule has 0 amide bonds. The highest BCUT2D eigenvalue weighted by molar-refractivity contribution is 5.51. The molecule has 4 rings (SSSR count). The third-order valence-electron chi connectivity index (χ3n) is 4.35. The zero-order valence-electron chi connectivity index (χ0n) is 15.1. The highest BCUT2D eigenvalue weighted by atomic mass is 16.5. The predicted molar refractivity (Wildman–Crippen MR) is 93.4 cm³/mol. The smallest absolute Gasteiger partial charge is 0.247 e. The van der Waals surface area contributed by atoms with Crippen molar-refractivity contribution in [1.82, 2.24) is 35.3 Å². The number of nitrogens with zero attached hydrogens (tertiary/aromatic N) is 7. The van der Waals surface area contributed by atoms with E-state index in [9.17, 15) is 0 Å². The van der Waals surface area contributed by atoms with E-state index in [1.807, 2.05) is 30.3 Å². The van der Waals surface area contributed by atoms with Crippen LogP contribution in [0.15, 0.2) is 34.7 Å². The van der Waals surface area contributed by atoms with E-state index < -0.39 is 0 Å². The van der Waals surface area contributed by atoms with E-state index in [1.165, 1.54) is 0 Å². The fraction of sp³-hybridized carbons (Fsp3) is 0.471. The molecule has 0 spiro atoms. The summed E-state index contributed by atoms with van der Waals surface area (Å²) in [6, 6.07) is 9.73. The van der Waals surface area contributed by atoms with E-state index in [4.69, 9.17) is 13.9 Å². The summed E-state index contributed by atoms with van der Waals surface area (Å²) < 4.78 is 18.5. The SMILES string of the molecule is COCCn1nnnc1C1CN(Cc2nnc(-c3ccccc3)o2)CCO1. The summed E-state index contributed by atoms with van der Waals surface area (Å²) >= 11 is 0. The first-order valence-corrected chi connectivity index (χ1v) is 8.80. The maximum absolute atomic E-state index is 5.87. The average molecular weight is 371 g/mol. The van der Waals surface area contributed by atoms with E-state index in [2.05, 4.69) is 30.6 Å². The van der Waals surface area contributed by atoms with Crippen molar-refractivity contribution >= 4 is 0 Å². The van der Waals surface area contributed by atoms with Gasteiger partial charge in [-0.2, -0.15) is 0 Å². The largest absolute Gasteiger partial charge is 0.419 e. The average Bonchev–Trinajstić information content (AvgIpc) is 3.37. The summed E-state index contributed by atoms with van der Waals surface area (Å²) in [6.07, 6.45) is -0.206. The van der Waals surface area contributed by atoms with Crippen LogP contribution in [0.5, 0.6) is 0 Å². The fourth-order valence-electron chi connectivity index (χ4n) is 2.99. The van der Waals surface area contributed by atoms with E-state index in [-0.39, 0.29) is 6.10 Å². The van der Waals surface area contributed by atoms with Crippen molar-refractivity contribution in [2.45, 2.75) is 19.2 Å². The normalized spacial score (nSPS) is 18.0. The minimum atomic E-state index is -0.206. The number of hydrogen-bond donors (Lipinski definition) is 0. The minimum absolute atomic E-state index is 0.206. The van der Waals surface area contributed by atoms with Crippen molar-refractivity contribution in [3.63, 3.8) is 0 Å². The molecule has 1 unspecified atom stereocenters. The molecule has 0 saturated carbocycles. The van der Waals surface area contributed by atoms with Gasteiger partial charge < -0.3 is 13.9 Å². The summed E-state index contributed by atoms with van der Waals surface area (Å²) in [5.74, 6) is 1.81. The third kappa shape index (κ3) is 4.18. The molecule has 1 aliphatic rings. The molecule has 0 aliphatic carbocycles. The molecule has 27 heavy (non-hydrogen) atoms. The van der Waals surface area contributed by atoms with Gasteiger partial charge in [0.1, 0.15) is 6.10 Å². The van der Waals surface area contributed by atoms with Gasteiger partial charge in [0.15, 0.2) is 5.82 Å². The van der Waals surface area contributed by atoms with Gasteiger partial charge in [-0.05, 0) is 22.6 Å². The van der Waals surface area contributed by atoms with Gasteiger partial charge in [-0.15, -0.1) is 15.3 Å². The topological polar surface area (TPSA) is 104 Å². The Morgan fingerprint density at radius 1 is 1.19 bits per heavy atom. The maximum Gasteiger partial charge on any atom is 0.247 e. The Hall–Kier alpha value is -2.69. The van der Waals surface area contributed by atoms with Crippen molar-refractivity contribution in [2.24, 2.45) is 0 Å². The first-order valence-electron chi connectivity index (χ1n) is 8.80. The lowest BCUT2D eigenvalue weighted by Gasteiger charge is -2.31. The first kappa shape index (κ1) is 17.7. The summed E-state index contributed by atoms with van der Waals surface area (Å²) in [7, 11) is 1.65. The Balaban J connectivity index is 1.41. The van der Waals surface area contributed by atoms with Crippen LogP contribution in [-0.4, -0.2) is 68.7 Å². The van der Waals surface area contributed by atoms with Crippen molar-refractivity contribution in [1.29, 1.82) is 0 Å². The molecule has 142 valence electrons. The Bertz CT molecular complexity index is 851. The van der Waals surface area contributed by atoms with Crippen LogP contribution in [0.25, 0.3) is 11.5 Å². The lowest BCUT2D eigenvalue weighted by molar-refractivity contribution is -0.0417. The Kier molecular flexibility index (Phi) is 5.47. The highest BCUT2D eigenvalue weighted by Crippen LogP contribution is 2.22. The molecule has 0 radical (unpaired) electrons. The molecule has 1 fully saturated rings. The second-order valence-corrected chi connectivity index (χ2v) is 6.21. The summed E-state index contributed by atoms with van der Waals surface area (Å²) in [6.45, 7) is 3.69. The zero-order chi connectivity index (χ0) is 18.5. The summed E-state index contributed by atoms with van der Waals surface area (Å²) in [5, 5.41) is 20.2. The van der Waals surface area contributed by atoms with Gasteiger partial charge in [0.25, 0.3) is 0 Å². The predicted octanol–water partition coefficient (Wildman–Crippen LogP) is 0.943. The molecule has 10 nitrogen and oxygen atoms in total. The number of morpholine rings is 1. The van der Waals surface area contributed by atoms with Gasteiger partial charge in [0.2, 0.25) is 11.8 Å². The van der Waals surface area contributed by atoms with Crippen LogP contribution in [0.4, 0.5) is 0 Å². The number of hydrogen-bond acceptors (Lipinski definition) is 9. The van der Waals surface area contributed by atoms with E-state index in [0.29, 0.717) is 50.5 Å². The van der Waals surface area contributed by atoms with Gasteiger partial charge >= 0.3 is 0 Å². The van der Waals surface area contributed by atoms with Gasteiger partial charge in [-0.25, -0.2) is 4.68 Å². The van der Waals surface area contributed by atoms with Crippen LogP contribution in [0.3, 0.4) is 0 Å². The Morgan fingerprint density at radius 2 is 2.07 bits per heavy atom. The van der Waals surface area contributed by atoms with Crippen molar-refractivity contribution < 1.29 is 13.9 Å². The molecular weight excluding hydrogens is 350 g/mol. The van der Waals surface area contributed by atoms with Crippen LogP contribution in [-0.2, 0) is 22.6 Å². The van der Waals surface area contributed by atoms with E-state index in [0.717, 1.165) is 12.1 Å². The number of tetrazole rings is 1. The summed E-state index contributed by atoms with van der Waals surface area (Å²) in [5.41, 5.74) is 0.911. The number of ether oxygens (including phenoxy) is 2. The Labute approximate surface area is 156 Å². The van der Waals surface area contributed by atoms with E-state index >= 15 is 0 Å². The molecule has 3 heterocycles. The number of benzene rings is 1. The van der Waals surface area contributed by atoms with Crippen LogP contribution in [0.1, 0.15) is 17.8 Å². The lowest BCUT2D eigenvalue weighted by atomic mass is 10.2. The Morgan fingerprint density at radius 3 is 2.93 bits per heavy atom. The first-order chi connectivity index (χ1) is 13.3. The zero-order valence-corrected chi connectivity index (χ0v) is 15.1. The highest BCUT2D eigenvalue weighted by Gasteiger charge is 2.27. The van der Waals surface area contributed by atoms with Crippen molar-refractivity contribution in [2.75, 3.05) is 33.4 Å². The van der Waals surface area contributed by atoms with Gasteiger partial charge in [0.05, 0.1) is 26.3 Å². The maximum atomic E-state index is 5.87. The molecular formula is C17H21N7O3. The molecule has 1 aliphatic heterocycles. The monoisotopic (exact) mass is 371 g/mol. The molecule has 10 heteroatoms. The second kappa shape index (κ2) is 8.33. The standard InChI is InChI=1S/C17H21N7O3/c1-25-9-8-24-16(19-21-22-24)14-11-23(7-10-26-14)12-15-18-20-17(27-15)13-5-3-2-4-6-13/h2-6,14H,7-12H2,1H3. The van der Waals surface area contributed by atoms with Crippen LogP contribution < -0.4 is 0 Å². The molecule has 0 bridgehead atoms. The van der Waals surface area contributed by atoms with Crippen LogP contribution >= 0.6 is 0 Å². The third-order valence-corrected chi connectivity index (χ3v) is 4.35. The quantitative estimate of drug-likeness (QED) is 0.600. The van der Waals surface area contributed by atoms with Crippen molar-refractivity contribution in [3.8, 4) is 11.5 Å². The van der Waals surface area contributed by atoms with Crippen molar-refractivity contribution in [3.05, 3.63) is 42.0 Å². The molecule has 1 saturated heterocycles. The number of rotatable bonds is 7. The van der Waals surface area contributed by atoms with E-state index in [1.54, 1.807) is 11.8 Å². The van der Waals surface area contributed by atoms with Gasteiger partial charge in [0, 0.05) is 25.8 Å². The minimum Gasteiger partial charge on any atom is -0.419 e. The van der Waals surface area contributed by atoms with Crippen LogP contribution in [0, 0.1) is 0 Å². The summed E-state index contributed by atoms with van der Waals surface area (Å²) in [4.78, 5) is 2.20. The lowest BCUT2D eigenvalue weighted by Crippen LogP contribution is -2.39. The molecule has 2 aromatic heterocycles. The van der Waals surface area contributed by atoms with Crippen LogP contribution in [0.2, 0.25) is 0 Å². The molecule has 3 aromatic rings. The second-order valence-electron chi connectivity index (χ2n) is 6.21. The fourth-order valence-corrected chi connectivity index (χ4v) is 2.99. The van der Waals surface area contributed by atoms with Gasteiger partial charge in [-0.1, -0.05) is 18.2 Å². The molecule has 1 aromatic carbocycles. The number of methoxy groups -OCH3 is 1. The molecule has 0 N–H and O–H groups in total.